The van der Waals surface area contributed by atoms with E-state index in [-0.39, 0.29) is 12.4 Å². The van der Waals surface area contributed by atoms with Crippen LogP contribution in [0.15, 0.2) is 47.8 Å². The molecule has 0 unspecified atom stereocenters. The summed E-state index contributed by atoms with van der Waals surface area (Å²) in [5.74, 6) is 0.965. The number of thioether (sulfide) groups is 1. The lowest BCUT2D eigenvalue weighted by molar-refractivity contribution is 0.0979. The van der Waals surface area contributed by atoms with Gasteiger partial charge in [-0.25, -0.2) is 9.97 Å². The Kier molecular flexibility index (Phi) is 7.54. The van der Waals surface area contributed by atoms with Gasteiger partial charge in [0, 0.05) is 30.9 Å². The van der Waals surface area contributed by atoms with Gasteiger partial charge in [0.1, 0.15) is 10.8 Å². The van der Waals surface area contributed by atoms with Crippen LogP contribution in [0.4, 0.5) is 5.82 Å². The summed E-state index contributed by atoms with van der Waals surface area (Å²) in [6, 6.07) is 9.95. The maximum Gasteiger partial charge on any atom is 0.169 e. The van der Waals surface area contributed by atoms with Gasteiger partial charge in [0.05, 0.1) is 12.2 Å². The van der Waals surface area contributed by atoms with Crippen molar-refractivity contribution in [1.29, 1.82) is 0 Å². The molecule has 0 atom stereocenters. The molecule has 0 spiro atoms. The van der Waals surface area contributed by atoms with E-state index in [4.69, 9.17) is 0 Å². The minimum atomic E-state index is -0.0561. The molecule has 0 saturated carbocycles. The van der Waals surface area contributed by atoms with Gasteiger partial charge in [0.25, 0.3) is 0 Å². The summed E-state index contributed by atoms with van der Waals surface area (Å²) in [7, 11) is 0. The molecule has 156 valence electrons. The minimum Gasteiger partial charge on any atom is -0.395 e. The first-order valence-electron chi connectivity index (χ1n) is 9.84. The number of aliphatic hydroxyl groups excluding tert-OH is 1. The molecule has 2 N–H and O–H groups in total. The summed E-state index contributed by atoms with van der Waals surface area (Å²) in [5, 5.41) is 13.0. The third-order valence-electron chi connectivity index (χ3n) is 4.90. The highest BCUT2D eigenvalue weighted by atomic mass is 32.2. The number of carbonyl (C=O) groups excluding carboxylic acids is 1. The van der Waals surface area contributed by atoms with Gasteiger partial charge in [-0.2, -0.15) is 0 Å². The second kappa shape index (κ2) is 10.3. The highest BCUT2D eigenvalue weighted by molar-refractivity contribution is 7.98. The number of Topliss-reactive ketones (excluding diaryl/α,β-unsaturated/α-hetero) is 1. The second-order valence-electron chi connectivity index (χ2n) is 7.01. The van der Waals surface area contributed by atoms with Crippen LogP contribution in [0.2, 0.25) is 0 Å². The molecule has 0 radical (unpaired) electrons. The zero-order chi connectivity index (χ0) is 21.5. The van der Waals surface area contributed by atoms with Gasteiger partial charge >= 0.3 is 0 Å². The predicted molar refractivity (Wildman–Crippen MR) is 121 cm³/mol. The zero-order valence-corrected chi connectivity index (χ0v) is 18.3. The molecule has 3 aromatic rings. The topological polar surface area (TPSA) is 88.0 Å². The molecule has 0 bridgehead atoms. The van der Waals surface area contributed by atoms with Crippen LogP contribution in [0.5, 0.6) is 0 Å². The van der Waals surface area contributed by atoms with Crippen molar-refractivity contribution in [1.82, 2.24) is 15.0 Å². The number of nitrogens with zero attached hydrogens (tertiary/aromatic N) is 3. The van der Waals surface area contributed by atoms with E-state index in [1.54, 1.807) is 12.4 Å². The van der Waals surface area contributed by atoms with Crippen molar-refractivity contribution < 1.29 is 9.90 Å². The summed E-state index contributed by atoms with van der Waals surface area (Å²) >= 11 is 1.42. The van der Waals surface area contributed by atoms with E-state index in [9.17, 15) is 9.90 Å². The predicted octanol–water partition coefficient (Wildman–Crippen LogP) is 4.10. The van der Waals surface area contributed by atoms with E-state index in [2.05, 4.69) is 52.3 Å². The summed E-state index contributed by atoms with van der Waals surface area (Å²) < 4.78 is 0. The Morgan fingerprint density at radius 1 is 1.10 bits per heavy atom. The van der Waals surface area contributed by atoms with Crippen LogP contribution in [0.1, 0.15) is 33.5 Å². The van der Waals surface area contributed by atoms with Crippen molar-refractivity contribution >= 4 is 23.4 Å². The Balaban J connectivity index is 1.92. The zero-order valence-electron chi connectivity index (χ0n) is 17.5. The van der Waals surface area contributed by atoms with Gasteiger partial charge < -0.3 is 10.4 Å². The fraction of sp³-hybridized carbons (Fsp3) is 0.304. The summed E-state index contributed by atoms with van der Waals surface area (Å²) in [4.78, 5) is 26.4. The van der Waals surface area contributed by atoms with E-state index in [0.29, 0.717) is 41.6 Å². The molecule has 1 aromatic carbocycles. The highest BCUT2D eigenvalue weighted by Gasteiger charge is 2.21. The lowest BCUT2D eigenvalue weighted by Gasteiger charge is -2.15. The number of aryl methyl sites for hydroxylation is 3. The monoisotopic (exact) mass is 422 g/mol. The number of anilines is 1. The number of aliphatic hydroxyl groups is 1. The normalized spacial score (nSPS) is 10.8. The summed E-state index contributed by atoms with van der Waals surface area (Å²) in [6.07, 6.45) is 6.28. The number of carbonyl (C=O) groups is 1. The van der Waals surface area contributed by atoms with Crippen molar-refractivity contribution in [3.63, 3.8) is 0 Å². The molecule has 3 rings (SSSR count). The largest absolute Gasteiger partial charge is 0.395 e. The molecule has 0 aliphatic heterocycles. The lowest BCUT2D eigenvalue weighted by Crippen LogP contribution is -2.15. The van der Waals surface area contributed by atoms with Gasteiger partial charge in [0.15, 0.2) is 11.6 Å². The van der Waals surface area contributed by atoms with E-state index in [1.807, 2.05) is 18.4 Å². The molecule has 2 aromatic heterocycles. The number of hydrogen-bond donors (Lipinski definition) is 2. The SMILES string of the molecule is CSc1nc(-c2ccncc2)nc(NCCO)c1C(=O)CCc1ccc(C)c(C)c1. The van der Waals surface area contributed by atoms with Gasteiger partial charge in [-0.3, -0.25) is 9.78 Å². The van der Waals surface area contributed by atoms with Crippen LogP contribution >= 0.6 is 11.8 Å². The van der Waals surface area contributed by atoms with Gasteiger partial charge in [0.2, 0.25) is 0 Å². The summed E-state index contributed by atoms with van der Waals surface area (Å²) in [5.41, 5.74) is 4.90. The summed E-state index contributed by atoms with van der Waals surface area (Å²) in [6.45, 7) is 4.41. The number of pyridine rings is 1. The first-order chi connectivity index (χ1) is 14.5. The second-order valence-corrected chi connectivity index (χ2v) is 7.80. The molecule has 0 amide bonds. The average molecular weight is 423 g/mol. The Bertz CT molecular complexity index is 1030. The molecule has 2 heterocycles. The number of rotatable bonds is 9. The molecule has 6 nitrogen and oxygen atoms in total. The Hall–Kier alpha value is -2.77. The smallest absolute Gasteiger partial charge is 0.169 e. The molecule has 7 heteroatoms. The first-order valence-corrected chi connectivity index (χ1v) is 11.1. The van der Waals surface area contributed by atoms with Crippen molar-refractivity contribution in [2.45, 2.75) is 31.7 Å². The first kappa shape index (κ1) is 21.9. The van der Waals surface area contributed by atoms with Crippen molar-refractivity contribution in [2.24, 2.45) is 0 Å². The number of nitrogens with one attached hydrogen (secondary N) is 1. The minimum absolute atomic E-state index is 0.0145. The number of hydrogen-bond acceptors (Lipinski definition) is 7. The highest BCUT2D eigenvalue weighted by Crippen LogP contribution is 2.29. The third-order valence-corrected chi connectivity index (χ3v) is 5.58. The average Bonchev–Trinajstić information content (AvgIpc) is 2.78. The fourth-order valence-electron chi connectivity index (χ4n) is 3.11. The van der Waals surface area contributed by atoms with Crippen LogP contribution in [-0.4, -0.2) is 45.2 Å². The molecule has 0 aliphatic carbocycles. The van der Waals surface area contributed by atoms with Crippen LogP contribution in [0.25, 0.3) is 11.4 Å². The molecule has 0 saturated heterocycles. The van der Waals surface area contributed by atoms with Crippen LogP contribution in [0, 0.1) is 13.8 Å². The Morgan fingerprint density at radius 3 is 2.53 bits per heavy atom. The Morgan fingerprint density at radius 2 is 1.87 bits per heavy atom. The van der Waals surface area contributed by atoms with Gasteiger partial charge in [-0.1, -0.05) is 18.2 Å². The molecule has 0 fully saturated rings. The van der Waals surface area contributed by atoms with E-state index < -0.39 is 0 Å². The van der Waals surface area contributed by atoms with E-state index >= 15 is 0 Å². The van der Waals surface area contributed by atoms with Crippen LogP contribution in [-0.2, 0) is 6.42 Å². The lowest BCUT2D eigenvalue weighted by atomic mass is 10.0. The van der Waals surface area contributed by atoms with Crippen LogP contribution in [0.3, 0.4) is 0 Å². The van der Waals surface area contributed by atoms with Crippen molar-refractivity contribution in [3.8, 4) is 11.4 Å². The maximum atomic E-state index is 13.2. The van der Waals surface area contributed by atoms with Gasteiger partial charge in [-0.05, 0) is 55.3 Å². The standard InChI is InChI=1S/C23H26N4O2S/c1-15-4-5-17(14-16(15)2)6-7-19(29)20-22(25-12-13-28)26-21(27-23(20)30-3)18-8-10-24-11-9-18/h4-5,8-11,14,28H,6-7,12-13H2,1-3H3,(H,25,26,27). The van der Waals surface area contributed by atoms with E-state index in [1.165, 1.54) is 22.9 Å². The van der Waals surface area contributed by atoms with Crippen LogP contribution < -0.4 is 5.32 Å². The number of aromatic nitrogens is 3. The number of ketones is 1. The maximum absolute atomic E-state index is 13.2. The quantitative estimate of drug-likeness (QED) is 0.305. The van der Waals surface area contributed by atoms with E-state index in [0.717, 1.165) is 11.1 Å². The molecule has 30 heavy (non-hydrogen) atoms. The molecular weight excluding hydrogens is 396 g/mol. The van der Waals surface area contributed by atoms with Crippen molar-refractivity contribution in [3.05, 3.63) is 65.0 Å². The fourth-order valence-corrected chi connectivity index (χ4v) is 3.71. The molecular formula is C23H26N4O2S. The Labute approximate surface area is 181 Å². The number of benzene rings is 1. The molecule has 0 aliphatic rings. The van der Waals surface area contributed by atoms with Crippen molar-refractivity contribution in [2.75, 3.05) is 24.7 Å². The third kappa shape index (κ3) is 5.23. The van der Waals surface area contributed by atoms with Gasteiger partial charge in [-0.15, -0.1) is 11.8 Å².